The fourth-order valence-corrected chi connectivity index (χ4v) is 3.55. The van der Waals surface area contributed by atoms with Gasteiger partial charge in [0.25, 0.3) is 0 Å². The minimum Gasteiger partial charge on any atom is -0.354 e. The number of nitrogens with one attached hydrogen (secondary N) is 1. The van der Waals surface area contributed by atoms with Gasteiger partial charge in [-0.3, -0.25) is 4.79 Å². The van der Waals surface area contributed by atoms with Gasteiger partial charge in [0.2, 0.25) is 5.91 Å². The van der Waals surface area contributed by atoms with Crippen LogP contribution in [0.4, 0.5) is 11.5 Å². The molecule has 0 bridgehead atoms. The first-order valence-corrected chi connectivity index (χ1v) is 9.00. The number of hydrogen-bond donors (Lipinski definition) is 1. The summed E-state index contributed by atoms with van der Waals surface area (Å²) in [5.41, 5.74) is 0.816. The van der Waals surface area contributed by atoms with Crippen LogP contribution in [0.5, 0.6) is 0 Å². The van der Waals surface area contributed by atoms with Crippen molar-refractivity contribution in [3.8, 4) is 0 Å². The standard InChI is InChI=1S/C18H28N4O/c1-2-21-10-12-22(13-11-21)17-9-8-16(14-19-17)20-18(23)15-6-4-3-5-7-15/h8-9,14-15H,2-7,10-13H2,1H3,(H,20,23). The number of hydrogen-bond acceptors (Lipinski definition) is 4. The zero-order valence-electron chi connectivity index (χ0n) is 14.1. The minimum atomic E-state index is 0.163. The molecule has 126 valence electrons. The largest absolute Gasteiger partial charge is 0.354 e. The Morgan fingerprint density at radius 1 is 1.17 bits per heavy atom. The lowest BCUT2D eigenvalue weighted by molar-refractivity contribution is -0.120. The number of pyridine rings is 1. The summed E-state index contributed by atoms with van der Waals surface area (Å²) in [5, 5.41) is 3.03. The third-order valence-corrected chi connectivity index (χ3v) is 5.13. The monoisotopic (exact) mass is 316 g/mol. The molecule has 5 heteroatoms. The van der Waals surface area contributed by atoms with E-state index in [9.17, 15) is 4.79 Å². The van der Waals surface area contributed by atoms with Gasteiger partial charge in [-0.1, -0.05) is 26.2 Å². The first-order valence-electron chi connectivity index (χ1n) is 9.00. The topological polar surface area (TPSA) is 48.5 Å². The van der Waals surface area contributed by atoms with Crippen LogP contribution >= 0.6 is 0 Å². The Balaban J connectivity index is 1.53. The predicted molar refractivity (Wildman–Crippen MR) is 93.8 cm³/mol. The minimum absolute atomic E-state index is 0.163. The molecule has 1 N–H and O–H groups in total. The number of rotatable bonds is 4. The van der Waals surface area contributed by atoms with E-state index in [0.29, 0.717) is 0 Å². The van der Waals surface area contributed by atoms with Crippen LogP contribution in [0.1, 0.15) is 39.0 Å². The number of nitrogens with zero attached hydrogens (tertiary/aromatic N) is 3. The van der Waals surface area contributed by atoms with Crippen LogP contribution in [-0.2, 0) is 4.79 Å². The van der Waals surface area contributed by atoms with Crippen LogP contribution in [0, 0.1) is 5.92 Å². The van der Waals surface area contributed by atoms with Crippen LogP contribution < -0.4 is 10.2 Å². The Bertz CT molecular complexity index is 502. The summed E-state index contributed by atoms with van der Waals surface area (Å²) >= 11 is 0. The molecular weight excluding hydrogens is 288 g/mol. The van der Waals surface area contributed by atoms with E-state index in [0.717, 1.165) is 57.1 Å². The highest BCUT2D eigenvalue weighted by atomic mass is 16.1. The Hall–Kier alpha value is -1.62. The molecule has 1 aromatic rings. The first-order chi connectivity index (χ1) is 11.3. The Labute approximate surface area is 139 Å². The summed E-state index contributed by atoms with van der Waals surface area (Å²) in [6.07, 6.45) is 7.48. The van der Waals surface area contributed by atoms with E-state index in [1.54, 1.807) is 6.20 Å². The molecule has 1 aliphatic heterocycles. The second-order valence-corrected chi connectivity index (χ2v) is 6.65. The van der Waals surface area contributed by atoms with E-state index in [-0.39, 0.29) is 11.8 Å². The summed E-state index contributed by atoms with van der Waals surface area (Å²) in [6, 6.07) is 4.01. The van der Waals surface area contributed by atoms with Gasteiger partial charge in [0.15, 0.2) is 0 Å². The maximum absolute atomic E-state index is 12.3. The van der Waals surface area contributed by atoms with Gasteiger partial charge >= 0.3 is 0 Å². The molecule has 3 rings (SSSR count). The molecule has 0 spiro atoms. The number of likely N-dealkylation sites (N-methyl/N-ethyl adjacent to an activating group) is 1. The molecule has 2 fully saturated rings. The molecule has 0 unspecified atom stereocenters. The van der Waals surface area contributed by atoms with E-state index in [4.69, 9.17) is 0 Å². The van der Waals surface area contributed by atoms with Crippen LogP contribution in [0.3, 0.4) is 0 Å². The molecule has 1 aliphatic carbocycles. The van der Waals surface area contributed by atoms with Gasteiger partial charge in [-0.05, 0) is 31.5 Å². The van der Waals surface area contributed by atoms with E-state index >= 15 is 0 Å². The fourth-order valence-electron chi connectivity index (χ4n) is 3.55. The van der Waals surface area contributed by atoms with Gasteiger partial charge in [0.1, 0.15) is 5.82 Å². The predicted octanol–water partition coefficient (Wildman–Crippen LogP) is 2.74. The molecule has 0 aromatic carbocycles. The third-order valence-electron chi connectivity index (χ3n) is 5.13. The summed E-state index contributed by atoms with van der Waals surface area (Å²) in [6.45, 7) is 7.56. The van der Waals surface area contributed by atoms with Gasteiger partial charge in [0, 0.05) is 32.1 Å². The number of amides is 1. The molecule has 1 aromatic heterocycles. The Morgan fingerprint density at radius 2 is 1.91 bits per heavy atom. The first kappa shape index (κ1) is 16.2. The number of anilines is 2. The third kappa shape index (κ3) is 4.22. The molecule has 1 amide bonds. The molecule has 23 heavy (non-hydrogen) atoms. The van der Waals surface area contributed by atoms with Crippen molar-refractivity contribution in [2.24, 2.45) is 5.92 Å². The van der Waals surface area contributed by atoms with Gasteiger partial charge in [-0.2, -0.15) is 0 Å². The van der Waals surface area contributed by atoms with Crippen molar-refractivity contribution in [1.29, 1.82) is 0 Å². The summed E-state index contributed by atoms with van der Waals surface area (Å²) < 4.78 is 0. The number of piperazine rings is 1. The van der Waals surface area contributed by atoms with Gasteiger partial charge in [-0.25, -0.2) is 4.98 Å². The van der Waals surface area contributed by atoms with Crippen molar-refractivity contribution >= 4 is 17.4 Å². The molecule has 0 atom stereocenters. The SMILES string of the molecule is CCN1CCN(c2ccc(NC(=O)C3CCCCC3)cn2)CC1. The Morgan fingerprint density at radius 3 is 2.52 bits per heavy atom. The van der Waals surface area contributed by atoms with Gasteiger partial charge < -0.3 is 15.1 Å². The zero-order valence-corrected chi connectivity index (χ0v) is 14.1. The van der Waals surface area contributed by atoms with E-state index < -0.39 is 0 Å². The maximum atomic E-state index is 12.3. The number of aromatic nitrogens is 1. The van der Waals surface area contributed by atoms with Crippen LogP contribution in [0.2, 0.25) is 0 Å². The molecule has 2 aliphatic rings. The number of carbonyl (C=O) groups excluding carboxylic acids is 1. The van der Waals surface area contributed by atoms with Crippen molar-refractivity contribution in [3.63, 3.8) is 0 Å². The van der Waals surface area contributed by atoms with Crippen LogP contribution in [0.15, 0.2) is 18.3 Å². The summed E-state index contributed by atoms with van der Waals surface area (Å²) in [5.74, 6) is 1.36. The number of carbonyl (C=O) groups is 1. The lowest BCUT2D eigenvalue weighted by Crippen LogP contribution is -2.46. The van der Waals surface area contributed by atoms with Crippen molar-refractivity contribution in [2.45, 2.75) is 39.0 Å². The molecule has 2 heterocycles. The van der Waals surface area contributed by atoms with E-state index in [1.807, 2.05) is 12.1 Å². The average molecular weight is 316 g/mol. The second kappa shape index (κ2) is 7.77. The lowest BCUT2D eigenvalue weighted by Gasteiger charge is -2.34. The van der Waals surface area contributed by atoms with Crippen LogP contribution in [-0.4, -0.2) is 48.5 Å². The average Bonchev–Trinajstić information content (AvgIpc) is 2.63. The molecule has 5 nitrogen and oxygen atoms in total. The fraction of sp³-hybridized carbons (Fsp3) is 0.667. The summed E-state index contributed by atoms with van der Waals surface area (Å²) in [4.78, 5) is 21.6. The van der Waals surface area contributed by atoms with Gasteiger partial charge in [-0.15, -0.1) is 0 Å². The normalized spacial score (nSPS) is 20.5. The van der Waals surface area contributed by atoms with E-state index in [2.05, 4.69) is 27.0 Å². The maximum Gasteiger partial charge on any atom is 0.227 e. The highest BCUT2D eigenvalue weighted by molar-refractivity contribution is 5.92. The molecule has 1 saturated heterocycles. The molecular formula is C18H28N4O. The highest BCUT2D eigenvalue weighted by Gasteiger charge is 2.21. The van der Waals surface area contributed by atoms with Crippen LogP contribution in [0.25, 0.3) is 0 Å². The summed E-state index contributed by atoms with van der Waals surface area (Å²) in [7, 11) is 0. The second-order valence-electron chi connectivity index (χ2n) is 6.65. The lowest BCUT2D eigenvalue weighted by atomic mass is 9.88. The molecule has 1 saturated carbocycles. The van der Waals surface area contributed by atoms with Crippen molar-refractivity contribution in [2.75, 3.05) is 42.9 Å². The zero-order chi connectivity index (χ0) is 16.1. The quantitative estimate of drug-likeness (QED) is 0.928. The van der Waals surface area contributed by atoms with Crippen molar-refractivity contribution in [3.05, 3.63) is 18.3 Å². The Kier molecular flexibility index (Phi) is 5.49. The van der Waals surface area contributed by atoms with Crippen molar-refractivity contribution in [1.82, 2.24) is 9.88 Å². The van der Waals surface area contributed by atoms with E-state index in [1.165, 1.54) is 19.3 Å². The highest BCUT2D eigenvalue weighted by Crippen LogP contribution is 2.25. The van der Waals surface area contributed by atoms with Gasteiger partial charge in [0.05, 0.1) is 11.9 Å². The van der Waals surface area contributed by atoms with Crippen molar-refractivity contribution < 1.29 is 4.79 Å². The molecule has 0 radical (unpaired) electrons. The smallest absolute Gasteiger partial charge is 0.227 e.